The van der Waals surface area contributed by atoms with Gasteiger partial charge in [0.05, 0.1) is 4.91 Å². The van der Waals surface area contributed by atoms with Crippen LogP contribution in [0.25, 0.3) is 6.08 Å². The number of aryl methyl sites for hydroxylation is 1. The van der Waals surface area contributed by atoms with E-state index >= 15 is 0 Å². The summed E-state index contributed by atoms with van der Waals surface area (Å²) < 4.78 is 0. The molecule has 0 saturated carbocycles. The standard InChI is InChI=1S/C20H16N2O6S/c1-11-2-4-12(5-3-11)8-16-18(25)22(20(28)29-16)10-17(24)21-13-6-7-15(23)14(9-13)19(26)27/h2-9,23H,10H2,1H3,(H,21,24)(H,26,27)/b16-8-. The molecular formula is C20H16N2O6S. The average Bonchev–Trinajstić information content (AvgIpc) is 2.92. The van der Waals surface area contributed by atoms with Gasteiger partial charge in [0.25, 0.3) is 11.1 Å². The first kappa shape index (κ1) is 20.2. The molecule has 0 radical (unpaired) electrons. The number of thioether (sulfide) groups is 1. The molecule has 0 aliphatic carbocycles. The Balaban J connectivity index is 1.70. The van der Waals surface area contributed by atoms with Gasteiger partial charge in [0.2, 0.25) is 5.91 Å². The number of aromatic carboxylic acids is 1. The van der Waals surface area contributed by atoms with Crippen LogP contribution in [0.2, 0.25) is 0 Å². The van der Waals surface area contributed by atoms with E-state index in [0.29, 0.717) is 0 Å². The lowest BCUT2D eigenvalue weighted by Gasteiger charge is -2.13. The molecule has 0 aromatic heterocycles. The molecule has 0 atom stereocenters. The van der Waals surface area contributed by atoms with Crippen molar-refractivity contribution in [2.24, 2.45) is 0 Å². The third kappa shape index (κ3) is 4.64. The number of amides is 3. The number of hydrogen-bond donors (Lipinski definition) is 3. The molecule has 2 aromatic carbocycles. The van der Waals surface area contributed by atoms with Gasteiger partial charge in [-0.1, -0.05) is 29.8 Å². The third-order valence-corrected chi connectivity index (χ3v) is 4.97. The first-order valence-electron chi connectivity index (χ1n) is 8.43. The van der Waals surface area contributed by atoms with Crippen LogP contribution in [-0.4, -0.2) is 44.7 Å². The van der Waals surface area contributed by atoms with Gasteiger partial charge < -0.3 is 15.5 Å². The van der Waals surface area contributed by atoms with Crippen molar-refractivity contribution in [3.05, 3.63) is 64.1 Å². The number of anilines is 1. The van der Waals surface area contributed by atoms with Crippen LogP contribution in [0.5, 0.6) is 5.75 Å². The van der Waals surface area contributed by atoms with Crippen molar-refractivity contribution in [2.75, 3.05) is 11.9 Å². The second-order valence-corrected chi connectivity index (χ2v) is 7.26. The molecule has 0 spiro atoms. The van der Waals surface area contributed by atoms with Crippen molar-refractivity contribution in [2.45, 2.75) is 6.92 Å². The number of imide groups is 1. The number of nitrogens with one attached hydrogen (secondary N) is 1. The van der Waals surface area contributed by atoms with Crippen molar-refractivity contribution in [1.29, 1.82) is 0 Å². The predicted molar refractivity (Wildman–Crippen MR) is 108 cm³/mol. The molecule has 2 aromatic rings. The molecule has 29 heavy (non-hydrogen) atoms. The van der Waals surface area contributed by atoms with Crippen molar-refractivity contribution in [1.82, 2.24) is 4.90 Å². The number of hydrogen-bond acceptors (Lipinski definition) is 6. The minimum absolute atomic E-state index is 0.118. The van der Waals surface area contributed by atoms with Gasteiger partial charge in [0.1, 0.15) is 17.9 Å². The van der Waals surface area contributed by atoms with Gasteiger partial charge in [-0.25, -0.2) is 4.79 Å². The molecule has 3 rings (SSSR count). The highest BCUT2D eigenvalue weighted by molar-refractivity contribution is 8.18. The number of benzene rings is 2. The molecule has 0 bridgehead atoms. The van der Waals surface area contributed by atoms with Crippen LogP contribution < -0.4 is 5.32 Å². The van der Waals surface area contributed by atoms with Crippen molar-refractivity contribution < 1.29 is 29.4 Å². The number of carbonyl (C=O) groups is 4. The lowest BCUT2D eigenvalue weighted by Crippen LogP contribution is -2.36. The molecule has 3 amide bonds. The van der Waals surface area contributed by atoms with E-state index in [1.165, 1.54) is 6.07 Å². The van der Waals surface area contributed by atoms with E-state index in [2.05, 4.69) is 5.32 Å². The molecular weight excluding hydrogens is 396 g/mol. The first-order valence-corrected chi connectivity index (χ1v) is 9.24. The predicted octanol–water partition coefficient (Wildman–Crippen LogP) is 3.07. The van der Waals surface area contributed by atoms with Crippen LogP contribution >= 0.6 is 11.8 Å². The minimum atomic E-state index is -1.36. The fourth-order valence-corrected chi connectivity index (χ4v) is 3.42. The topological polar surface area (TPSA) is 124 Å². The normalized spacial score (nSPS) is 15.1. The Morgan fingerprint density at radius 1 is 1.14 bits per heavy atom. The second-order valence-electron chi connectivity index (χ2n) is 6.26. The van der Waals surface area contributed by atoms with Gasteiger partial charge in [-0.3, -0.25) is 19.3 Å². The summed E-state index contributed by atoms with van der Waals surface area (Å²) in [5.74, 6) is -3.05. The van der Waals surface area contributed by atoms with Crippen LogP contribution in [0.15, 0.2) is 47.4 Å². The summed E-state index contributed by atoms with van der Waals surface area (Å²) in [6.07, 6.45) is 1.58. The summed E-state index contributed by atoms with van der Waals surface area (Å²) in [6.45, 7) is 1.42. The number of nitrogens with zero attached hydrogens (tertiary/aromatic N) is 1. The fraction of sp³-hybridized carbons (Fsp3) is 0.100. The van der Waals surface area contributed by atoms with Crippen molar-refractivity contribution in [3.8, 4) is 5.75 Å². The average molecular weight is 412 g/mol. The molecule has 148 valence electrons. The maximum atomic E-state index is 12.5. The van der Waals surface area contributed by atoms with Gasteiger partial charge >= 0.3 is 5.97 Å². The Hall–Kier alpha value is -3.59. The summed E-state index contributed by atoms with van der Waals surface area (Å²) in [6, 6.07) is 10.9. The number of carboxylic acids is 1. The second kappa shape index (κ2) is 8.19. The molecule has 1 aliphatic heterocycles. The van der Waals surface area contributed by atoms with Gasteiger partial charge in [-0.15, -0.1) is 0 Å². The molecule has 0 unspecified atom stereocenters. The van der Waals surface area contributed by atoms with E-state index in [0.717, 1.165) is 39.9 Å². The lowest BCUT2D eigenvalue weighted by atomic mass is 10.1. The van der Waals surface area contributed by atoms with E-state index in [9.17, 15) is 24.3 Å². The third-order valence-electron chi connectivity index (χ3n) is 4.06. The number of aromatic hydroxyl groups is 1. The monoisotopic (exact) mass is 412 g/mol. The SMILES string of the molecule is Cc1ccc(/C=C2\SC(=O)N(CC(=O)Nc3ccc(O)c(C(=O)O)c3)C2=O)cc1. The zero-order chi connectivity index (χ0) is 21.1. The number of carbonyl (C=O) groups excluding carboxylic acids is 3. The van der Waals surface area contributed by atoms with Gasteiger partial charge in [0, 0.05) is 5.69 Å². The number of carboxylic acid groups (broad SMARTS) is 1. The molecule has 1 fully saturated rings. The Kier molecular flexibility index (Phi) is 5.69. The minimum Gasteiger partial charge on any atom is -0.507 e. The van der Waals surface area contributed by atoms with Gasteiger partial charge in [-0.05, 0) is 48.5 Å². The summed E-state index contributed by atoms with van der Waals surface area (Å²) in [5, 5.41) is 20.4. The number of rotatable bonds is 5. The smallest absolute Gasteiger partial charge is 0.339 e. The van der Waals surface area contributed by atoms with E-state index in [4.69, 9.17) is 5.11 Å². The van der Waals surface area contributed by atoms with E-state index in [1.807, 2.05) is 31.2 Å². The molecule has 8 nitrogen and oxygen atoms in total. The molecule has 1 heterocycles. The Labute approximate surface area is 169 Å². The van der Waals surface area contributed by atoms with E-state index in [-0.39, 0.29) is 16.2 Å². The van der Waals surface area contributed by atoms with E-state index < -0.39 is 35.3 Å². The highest BCUT2D eigenvalue weighted by atomic mass is 32.2. The summed E-state index contributed by atoms with van der Waals surface area (Å²) in [5.41, 5.74) is 1.56. The van der Waals surface area contributed by atoms with E-state index in [1.54, 1.807) is 6.08 Å². The highest BCUT2D eigenvalue weighted by Gasteiger charge is 2.36. The van der Waals surface area contributed by atoms with Crippen LogP contribution in [0.1, 0.15) is 21.5 Å². The number of phenols is 1. The Morgan fingerprint density at radius 2 is 1.83 bits per heavy atom. The largest absolute Gasteiger partial charge is 0.507 e. The zero-order valence-electron chi connectivity index (χ0n) is 15.2. The van der Waals surface area contributed by atoms with Crippen LogP contribution in [0.4, 0.5) is 10.5 Å². The Morgan fingerprint density at radius 3 is 2.48 bits per heavy atom. The molecule has 1 saturated heterocycles. The van der Waals surface area contributed by atoms with Crippen LogP contribution in [-0.2, 0) is 9.59 Å². The molecule has 9 heteroatoms. The quantitative estimate of drug-likeness (QED) is 0.509. The van der Waals surface area contributed by atoms with Gasteiger partial charge in [-0.2, -0.15) is 0 Å². The molecule has 3 N–H and O–H groups in total. The highest BCUT2D eigenvalue weighted by Crippen LogP contribution is 2.32. The van der Waals surface area contributed by atoms with Gasteiger partial charge in [0.15, 0.2) is 0 Å². The maximum absolute atomic E-state index is 12.5. The summed E-state index contributed by atoms with van der Waals surface area (Å²) >= 11 is 0.745. The summed E-state index contributed by atoms with van der Waals surface area (Å²) in [7, 11) is 0. The van der Waals surface area contributed by atoms with Crippen molar-refractivity contribution in [3.63, 3.8) is 0 Å². The van der Waals surface area contributed by atoms with Crippen LogP contribution in [0.3, 0.4) is 0 Å². The van der Waals surface area contributed by atoms with Crippen molar-refractivity contribution >= 4 is 46.5 Å². The zero-order valence-corrected chi connectivity index (χ0v) is 16.0. The lowest BCUT2D eigenvalue weighted by molar-refractivity contribution is -0.127. The maximum Gasteiger partial charge on any atom is 0.339 e. The molecule has 1 aliphatic rings. The Bertz CT molecular complexity index is 1050. The summed E-state index contributed by atoms with van der Waals surface area (Å²) in [4.78, 5) is 49.0. The van der Waals surface area contributed by atoms with Crippen LogP contribution in [0, 0.1) is 6.92 Å². The first-order chi connectivity index (χ1) is 13.7. The fourth-order valence-electron chi connectivity index (χ4n) is 2.58.